The second kappa shape index (κ2) is 12.0. The third-order valence-corrected chi connectivity index (χ3v) is 3.59. The topological polar surface area (TPSA) is 55.8 Å². The van der Waals surface area contributed by atoms with Crippen LogP contribution in [0.4, 0.5) is 5.69 Å². The molecule has 0 saturated carbocycles. The van der Waals surface area contributed by atoms with E-state index in [9.17, 15) is 9.59 Å². The zero-order chi connectivity index (χ0) is 17.8. The largest absolute Gasteiger partial charge is 0.464 e. The molecule has 0 N–H and O–H groups in total. The molecule has 24 heavy (non-hydrogen) atoms. The van der Waals surface area contributed by atoms with E-state index < -0.39 is 0 Å². The standard InChI is InChI=1S/C17H23Cl2NO4/c1-14-3-2-4-15(13-14)20(9-11-23-16(21)5-7-18)10-12-24-17(22)6-8-19/h2-4,13H,5-12H2,1H3. The molecule has 0 radical (unpaired) electrons. The van der Waals surface area contributed by atoms with Crippen molar-refractivity contribution in [1.82, 2.24) is 0 Å². The van der Waals surface area contributed by atoms with Crippen LogP contribution in [0.25, 0.3) is 0 Å². The molecule has 134 valence electrons. The van der Waals surface area contributed by atoms with Crippen LogP contribution in [0.1, 0.15) is 18.4 Å². The average molecular weight is 376 g/mol. The van der Waals surface area contributed by atoms with Gasteiger partial charge in [0.15, 0.2) is 0 Å². The summed E-state index contributed by atoms with van der Waals surface area (Å²) in [5.41, 5.74) is 2.10. The van der Waals surface area contributed by atoms with Crippen molar-refractivity contribution in [2.24, 2.45) is 0 Å². The molecular weight excluding hydrogens is 353 g/mol. The van der Waals surface area contributed by atoms with Crippen LogP contribution in [0.3, 0.4) is 0 Å². The number of anilines is 1. The van der Waals surface area contributed by atoms with Gasteiger partial charge in [0, 0.05) is 17.4 Å². The third kappa shape index (κ3) is 8.41. The van der Waals surface area contributed by atoms with Gasteiger partial charge < -0.3 is 14.4 Å². The summed E-state index contributed by atoms with van der Waals surface area (Å²) in [5.74, 6) is -0.140. The molecular formula is C17H23Cl2NO4. The molecule has 5 nitrogen and oxygen atoms in total. The molecule has 0 saturated heterocycles. The van der Waals surface area contributed by atoms with Crippen LogP contribution in [0.5, 0.6) is 0 Å². The number of benzene rings is 1. The molecule has 0 heterocycles. The zero-order valence-electron chi connectivity index (χ0n) is 13.8. The van der Waals surface area contributed by atoms with Crippen molar-refractivity contribution in [2.75, 3.05) is 43.0 Å². The van der Waals surface area contributed by atoms with Gasteiger partial charge in [0.1, 0.15) is 13.2 Å². The number of ether oxygens (including phenoxy) is 2. The number of esters is 2. The summed E-state index contributed by atoms with van der Waals surface area (Å²) in [6.45, 7) is 3.51. The highest BCUT2D eigenvalue weighted by Gasteiger charge is 2.10. The Bertz CT molecular complexity index is 501. The van der Waals surface area contributed by atoms with E-state index in [1.807, 2.05) is 36.1 Å². The molecule has 1 aromatic rings. The maximum absolute atomic E-state index is 11.4. The lowest BCUT2D eigenvalue weighted by molar-refractivity contribution is -0.143. The fraction of sp³-hybridized carbons (Fsp3) is 0.529. The van der Waals surface area contributed by atoms with E-state index in [0.717, 1.165) is 11.3 Å². The van der Waals surface area contributed by atoms with Crippen molar-refractivity contribution >= 4 is 40.8 Å². The minimum atomic E-state index is -0.317. The highest BCUT2D eigenvalue weighted by atomic mass is 35.5. The molecule has 0 aliphatic rings. The number of aryl methyl sites for hydroxylation is 1. The van der Waals surface area contributed by atoms with Gasteiger partial charge in [0.05, 0.1) is 25.9 Å². The van der Waals surface area contributed by atoms with Crippen LogP contribution >= 0.6 is 23.2 Å². The third-order valence-electron chi connectivity index (χ3n) is 3.21. The second-order valence-corrected chi connectivity index (χ2v) is 5.90. The number of alkyl halides is 2. The van der Waals surface area contributed by atoms with Gasteiger partial charge in [-0.2, -0.15) is 0 Å². The molecule has 0 aromatic heterocycles. The number of carbonyl (C=O) groups excluding carboxylic acids is 2. The maximum Gasteiger partial charge on any atom is 0.307 e. The first-order chi connectivity index (χ1) is 11.6. The number of hydrogen-bond acceptors (Lipinski definition) is 5. The fourth-order valence-corrected chi connectivity index (χ4v) is 2.34. The Morgan fingerprint density at radius 2 is 1.54 bits per heavy atom. The Kier molecular flexibility index (Phi) is 10.3. The maximum atomic E-state index is 11.4. The molecule has 1 aromatic carbocycles. The quantitative estimate of drug-likeness (QED) is 0.439. The van der Waals surface area contributed by atoms with E-state index in [2.05, 4.69) is 0 Å². The minimum Gasteiger partial charge on any atom is -0.464 e. The van der Waals surface area contributed by atoms with Crippen molar-refractivity contribution in [3.8, 4) is 0 Å². The van der Waals surface area contributed by atoms with Crippen molar-refractivity contribution in [3.05, 3.63) is 29.8 Å². The molecule has 0 bridgehead atoms. The molecule has 7 heteroatoms. The van der Waals surface area contributed by atoms with Crippen molar-refractivity contribution in [3.63, 3.8) is 0 Å². The summed E-state index contributed by atoms with van der Waals surface area (Å²) in [5, 5.41) is 0. The zero-order valence-corrected chi connectivity index (χ0v) is 15.3. The average Bonchev–Trinajstić information content (AvgIpc) is 2.54. The second-order valence-electron chi connectivity index (χ2n) is 5.14. The molecule has 0 aliphatic carbocycles. The summed E-state index contributed by atoms with van der Waals surface area (Å²) >= 11 is 11.0. The summed E-state index contributed by atoms with van der Waals surface area (Å²) in [6, 6.07) is 7.95. The van der Waals surface area contributed by atoms with Crippen molar-refractivity contribution in [1.29, 1.82) is 0 Å². The van der Waals surface area contributed by atoms with Crippen molar-refractivity contribution in [2.45, 2.75) is 19.8 Å². The first-order valence-electron chi connectivity index (χ1n) is 7.81. The van der Waals surface area contributed by atoms with E-state index in [1.165, 1.54) is 0 Å². The Labute approximate surface area is 152 Å². The van der Waals surface area contributed by atoms with Gasteiger partial charge in [-0.25, -0.2) is 0 Å². The highest BCUT2D eigenvalue weighted by molar-refractivity contribution is 6.19. The molecule has 0 spiro atoms. The summed E-state index contributed by atoms with van der Waals surface area (Å²) in [6.07, 6.45) is 0.393. The Morgan fingerprint density at radius 3 is 2.00 bits per heavy atom. The van der Waals surface area contributed by atoms with E-state index in [4.69, 9.17) is 32.7 Å². The highest BCUT2D eigenvalue weighted by Crippen LogP contribution is 2.15. The van der Waals surface area contributed by atoms with Gasteiger partial charge in [-0.05, 0) is 24.6 Å². The first kappa shape index (κ1) is 20.6. The Morgan fingerprint density at radius 1 is 1.00 bits per heavy atom. The number of rotatable bonds is 11. The molecule has 0 fully saturated rings. The lowest BCUT2D eigenvalue weighted by atomic mass is 10.2. The fourth-order valence-electron chi connectivity index (χ4n) is 2.03. The van der Waals surface area contributed by atoms with Gasteiger partial charge in [-0.15, -0.1) is 23.2 Å². The van der Waals surface area contributed by atoms with Crippen LogP contribution in [0, 0.1) is 6.92 Å². The summed E-state index contributed by atoms with van der Waals surface area (Å²) in [7, 11) is 0. The Hall–Kier alpha value is -1.46. The van der Waals surface area contributed by atoms with Gasteiger partial charge in [-0.3, -0.25) is 9.59 Å². The lowest BCUT2D eigenvalue weighted by Gasteiger charge is -2.25. The Balaban J connectivity index is 2.56. The molecule has 1 rings (SSSR count). The van der Waals surface area contributed by atoms with Crippen LogP contribution in [0.2, 0.25) is 0 Å². The van der Waals surface area contributed by atoms with Crippen molar-refractivity contribution < 1.29 is 19.1 Å². The lowest BCUT2D eigenvalue weighted by Crippen LogP contribution is -2.32. The molecule has 0 aliphatic heterocycles. The van der Waals surface area contributed by atoms with E-state index in [-0.39, 0.29) is 49.8 Å². The van der Waals surface area contributed by atoms with Gasteiger partial charge in [0.2, 0.25) is 0 Å². The predicted molar refractivity (Wildman–Crippen MR) is 96.0 cm³/mol. The van der Waals surface area contributed by atoms with Gasteiger partial charge in [0.25, 0.3) is 0 Å². The minimum absolute atomic E-state index is 0.196. The van der Waals surface area contributed by atoms with Crippen LogP contribution in [-0.2, 0) is 19.1 Å². The first-order valence-corrected chi connectivity index (χ1v) is 8.88. The van der Waals surface area contributed by atoms with E-state index in [0.29, 0.717) is 13.1 Å². The van der Waals surface area contributed by atoms with Crippen LogP contribution < -0.4 is 4.90 Å². The monoisotopic (exact) mass is 375 g/mol. The smallest absolute Gasteiger partial charge is 0.307 e. The van der Waals surface area contributed by atoms with E-state index >= 15 is 0 Å². The normalized spacial score (nSPS) is 10.3. The van der Waals surface area contributed by atoms with Gasteiger partial charge >= 0.3 is 11.9 Å². The van der Waals surface area contributed by atoms with Crippen LogP contribution in [-0.4, -0.2) is 50.0 Å². The molecule has 0 unspecified atom stereocenters. The van der Waals surface area contributed by atoms with Gasteiger partial charge in [-0.1, -0.05) is 12.1 Å². The number of hydrogen-bond donors (Lipinski definition) is 0. The number of carbonyl (C=O) groups is 2. The number of nitrogens with zero attached hydrogens (tertiary/aromatic N) is 1. The summed E-state index contributed by atoms with van der Waals surface area (Å²) in [4.78, 5) is 24.8. The van der Waals surface area contributed by atoms with Crippen LogP contribution in [0.15, 0.2) is 24.3 Å². The molecule has 0 atom stereocenters. The van der Waals surface area contributed by atoms with E-state index in [1.54, 1.807) is 0 Å². The number of halogens is 2. The molecule has 0 amide bonds. The predicted octanol–water partition coefficient (Wildman–Crippen LogP) is 3.15. The SMILES string of the molecule is Cc1cccc(N(CCOC(=O)CCCl)CCOC(=O)CCCl)c1. The summed E-state index contributed by atoms with van der Waals surface area (Å²) < 4.78 is 10.3.